The number of carbonyl (C=O) groups excluding carboxylic acids is 1. The van der Waals surface area contributed by atoms with E-state index >= 15 is 0 Å². The van der Waals surface area contributed by atoms with Crippen molar-refractivity contribution in [2.75, 3.05) is 7.11 Å². The van der Waals surface area contributed by atoms with Crippen LogP contribution in [0.1, 0.15) is 35.7 Å². The summed E-state index contributed by atoms with van der Waals surface area (Å²) in [5, 5.41) is 8.50. The summed E-state index contributed by atoms with van der Waals surface area (Å²) in [6.45, 7) is 2.19. The lowest BCUT2D eigenvalue weighted by molar-refractivity contribution is 0.0731. The quantitative estimate of drug-likeness (QED) is 0.246. The maximum atomic E-state index is 12.3. The van der Waals surface area contributed by atoms with Gasteiger partial charge in [-0.3, -0.25) is 0 Å². The molecule has 0 spiro atoms. The third-order valence-electron chi connectivity index (χ3n) is 4.41. The highest BCUT2D eigenvalue weighted by atomic mass is 16.5. The molecule has 0 fully saturated rings. The molecule has 0 aliphatic heterocycles. The number of carbonyl (C=O) groups is 1. The fourth-order valence-electron chi connectivity index (χ4n) is 2.78. The molecule has 5 nitrogen and oxygen atoms in total. The normalized spacial score (nSPS) is 10.8. The van der Waals surface area contributed by atoms with Crippen LogP contribution in [0.2, 0.25) is 0 Å². The topological polar surface area (TPSA) is 60.2 Å². The Kier molecular flexibility index (Phi) is 7.11. The maximum absolute atomic E-state index is 12.3. The SMILES string of the molecule is CCCCc1ccc(N=Nc2ccc(OC(=O)c3ccccc3OC)cc2)cc1. The first-order valence-electron chi connectivity index (χ1n) is 9.65. The lowest BCUT2D eigenvalue weighted by atomic mass is 10.1. The van der Waals surface area contributed by atoms with Crippen LogP contribution in [0.5, 0.6) is 11.5 Å². The number of para-hydroxylation sites is 1. The largest absolute Gasteiger partial charge is 0.496 e. The van der Waals surface area contributed by atoms with Crippen molar-refractivity contribution < 1.29 is 14.3 Å². The molecule has 3 aromatic rings. The van der Waals surface area contributed by atoms with Gasteiger partial charge in [-0.25, -0.2) is 4.79 Å². The summed E-state index contributed by atoms with van der Waals surface area (Å²) >= 11 is 0. The molecule has 0 aliphatic carbocycles. The van der Waals surface area contributed by atoms with Crippen LogP contribution in [0.25, 0.3) is 0 Å². The fraction of sp³-hybridized carbons (Fsp3) is 0.208. The number of hydrogen-bond acceptors (Lipinski definition) is 5. The Morgan fingerprint density at radius 3 is 2.10 bits per heavy atom. The highest BCUT2D eigenvalue weighted by Gasteiger charge is 2.13. The molecule has 0 N–H and O–H groups in total. The number of unbranched alkanes of at least 4 members (excludes halogenated alkanes) is 1. The van der Waals surface area contributed by atoms with Crippen molar-refractivity contribution in [1.29, 1.82) is 0 Å². The van der Waals surface area contributed by atoms with Gasteiger partial charge in [0.2, 0.25) is 0 Å². The molecular formula is C24H24N2O3. The Bertz CT molecular complexity index is 964. The second-order valence-electron chi connectivity index (χ2n) is 6.55. The summed E-state index contributed by atoms with van der Waals surface area (Å²) in [6, 6.07) is 21.9. The average molecular weight is 388 g/mol. The van der Waals surface area contributed by atoms with E-state index in [0.717, 1.165) is 12.1 Å². The number of rotatable bonds is 8. The predicted molar refractivity (Wildman–Crippen MR) is 114 cm³/mol. The predicted octanol–water partition coefficient (Wildman–Crippen LogP) is 6.67. The third kappa shape index (κ3) is 5.75. The molecule has 0 saturated carbocycles. The molecule has 148 valence electrons. The van der Waals surface area contributed by atoms with Gasteiger partial charge < -0.3 is 9.47 Å². The monoisotopic (exact) mass is 388 g/mol. The van der Waals surface area contributed by atoms with E-state index in [1.165, 1.54) is 25.5 Å². The molecular weight excluding hydrogens is 364 g/mol. The lowest BCUT2D eigenvalue weighted by Crippen LogP contribution is -2.09. The van der Waals surface area contributed by atoms with Crippen LogP contribution in [-0.2, 0) is 6.42 Å². The van der Waals surface area contributed by atoms with Crippen molar-refractivity contribution in [2.45, 2.75) is 26.2 Å². The van der Waals surface area contributed by atoms with E-state index in [4.69, 9.17) is 9.47 Å². The van der Waals surface area contributed by atoms with Crippen LogP contribution in [0, 0.1) is 0 Å². The maximum Gasteiger partial charge on any atom is 0.347 e. The molecule has 0 saturated heterocycles. The molecule has 5 heteroatoms. The summed E-state index contributed by atoms with van der Waals surface area (Å²) in [7, 11) is 1.52. The Hall–Kier alpha value is -3.47. The minimum absolute atomic E-state index is 0.376. The number of esters is 1. The van der Waals surface area contributed by atoms with Crippen LogP contribution in [0.4, 0.5) is 11.4 Å². The Morgan fingerprint density at radius 1 is 0.862 bits per heavy atom. The smallest absolute Gasteiger partial charge is 0.347 e. The molecule has 0 atom stereocenters. The number of benzene rings is 3. The summed E-state index contributed by atoms with van der Waals surface area (Å²) in [4.78, 5) is 12.3. The molecule has 0 amide bonds. The van der Waals surface area contributed by atoms with E-state index < -0.39 is 5.97 Å². The van der Waals surface area contributed by atoms with Crippen LogP contribution >= 0.6 is 0 Å². The van der Waals surface area contributed by atoms with E-state index in [1.54, 1.807) is 48.5 Å². The van der Waals surface area contributed by atoms with E-state index in [0.29, 0.717) is 22.7 Å². The number of azo groups is 1. The first-order valence-corrected chi connectivity index (χ1v) is 9.65. The molecule has 0 unspecified atom stereocenters. The Morgan fingerprint density at radius 2 is 1.48 bits per heavy atom. The van der Waals surface area contributed by atoms with Gasteiger partial charge in [-0.2, -0.15) is 10.2 Å². The lowest BCUT2D eigenvalue weighted by Gasteiger charge is -2.08. The van der Waals surface area contributed by atoms with Gasteiger partial charge in [0, 0.05) is 0 Å². The van der Waals surface area contributed by atoms with Gasteiger partial charge in [-0.1, -0.05) is 37.6 Å². The van der Waals surface area contributed by atoms with Crippen molar-refractivity contribution in [2.24, 2.45) is 10.2 Å². The van der Waals surface area contributed by atoms with Crippen molar-refractivity contribution in [3.63, 3.8) is 0 Å². The molecule has 0 radical (unpaired) electrons. The summed E-state index contributed by atoms with van der Waals surface area (Å²) in [5.74, 6) is 0.434. The number of ether oxygens (including phenoxy) is 2. The summed E-state index contributed by atoms with van der Waals surface area (Å²) < 4.78 is 10.6. The highest BCUT2D eigenvalue weighted by molar-refractivity contribution is 5.94. The zero-order valence-electron chi connectivity index (χ0n) is 16.7. The third-order valence-corrected chi connectivity index (χ3v) is 4.41. The molecule has 0 aliphatic rings. The highest BCUT2D eigenvalue weighted by Crippen LogP contribution is 2.24. The number of nitrogens with zero attached hydrogens (tertiary/aromatic N) is 2. The fourth-order valence-corrected chi connectivity index (χ4v) is 2.78. The van der Waals surface area contributed by atoms with Crippen molar-refractivity contribution in [1.82, 2.24) is 0 Å². The standard InChI is InChI=1S/C24H24N2O3/c1-3-4-7-18-10-12-19(13-11-18)25-26-20-14-16-21(17-15-20)29-24(27)22-8-5-6-9-23(22)28-2/h5-6,8-17H,3-4,7H2,1-2H3. The first-order chi connectivity index (χ1) is 14.2. The van der Waals surface area contributed by atoms with Crippen LogP contribution in [-0.4, -0.2) is 13.1 Å². The van der Waals surface area contributed by atoms with Gasteiger partial charge in [0.25, 0.3) is 0 Å². The van der Waals surface area contributed by atoms with E-state index in [9.17, 15) is 4.79 Å². The van der Waals surface area contributed by atoms with Crippen LogP contribution in [0.3, 0.4) is 0 Å². The molecule has 29 heavy (non-hydrogen) atoms. The molecule has 0 aromatic heterocycles. The zero-order chi connectivity index (χ0) is 20.5. The van der Waals surface area contributed by atoms with Gasteiger partial charge in [-0.05, 0) is 66.9 Å². The molecule has 0 bridgehead atoms. The molecule has 3 rings (SSSR count). The van der Waals surface area contributed by atoms with E-state index in [2.05, 4.69) is 29.3 Å². The Labute approximate surface area is 171 Å². The number of aryl methyl sites for hydroxylation is 1. The molecule has 3 aromatic carbocycles. The number of methoxy groups -OCH3 is 1. The van der Waals surface area contributed by atoms with Crippen molar-refractivity contribution in [3.8, 4) is 11.5 Å². The average Bonchev–Trinajstić information content (AvgIpc) is 2.77. The Balaban J connectivity index is 1.61. The van der Waals surface area contributed by atoms with E-state index in [1.807, 2.05) is 12.1 Å². The van der Waals surface area contributed by atoms with Gasteiger partial charge in [0.05, 0.1) is 18.5 Å². The van der Waals surface area contributed by atoms with Gasteiger partial charge in [0.1, 0.15) is 17.1 Å². The van der Waals surface area contributed by atoms with Gasteiger partial charge >= 0.3 is 5.97 Å². The summed E-state index contributed by atoms with van der Waals surface area (Å²) in [6.07, 6.45) is 3.46. The van der Waals surface area contributed by atoms with Gasteiger partial charge in [0.15, 0.2) is 0 Å². The minimum Gasteiger partial charge on any atom is -0.496 e. The zero-order valence-corrected chi connectivity index (χ0v) is 16.7. The van der Waals surface area contributed by atoms with Gasteiger partial charge in [-0.15, -0.1) is 0 Å². The van der Waals surface area contributed by atoms with Crippen molar-refractivity contribution in [3.05, 3.63) is 83.9 Å². The number of hydrogen-bond donors (Lipinski definition) is 0. The second kappa shape index (κ2) is 10.2. The van der Waals surface area contributed by atoms with Crippen LogP contribution in [0.15, 0.2) is 83.0 Å². The van der Waals surface area contributed by atoms with E-state index in [-0.39, 0.29) is 0 Å². The molecule has 0 heterocycles. The van der Waals surface area contributed by atoms with Crippen LogP contribution < -0.4 is 9.47 Å². The van der Waals surface area contributed by atoms with Crippen molar-refractivity contribution >= 4 is 17.3 Å². The summed E-state index contributed by atoms with van der Waals surface area (Å²) in [5.41, 5.74) is 3.17. The second-order valence-corrected chi connectivity index (χ2v) is 6.55. The first kappa shape index (κ1) is 20.3. The minimum atomic E-state index is -0.472.